The summed E-state index contributed by atoms with van der Waals surface area (Å²) in [4.78, 5) is 4.29. The summed E-state index contributed by atoms with van der Waals surface area (Å²) in [5, 5.41) is 19.8. The topological polar surface area (TPSA) is 59.5 Å². The molecule has 0 saturated carbocycles. The Morgan fingerprint density at radius 3 is 2.92 bits per heavy atom. The van der Waals surface area contributed by atoms with Crippen LogP contribution in [-0.2, 0) is 0 Å². The zero-order valence-corrected chi connectivity index (χ0v) is 14.6. The lowest BCUT2D eigenvalue weighted by Gasteiger charge is -2.22. The number of halogens is 1. The lowest BCUT2D eigenvalue weighted by Crippen LogP contribution is -2.29. The van der Waals surface area contributed by atoms with E-state index in [2.05, 4.69) is 34.4 Å². The average molecular weight is 358 g/mol. The van der Waals surface area contributed by atoms with Gasteiger partial charge in [0, 0.05) is 40.1 Å². The number of fused-ring (bicyclic) bond motifs is 2. The molecule has 25 heavy (non-hydrogen) atoms. The molecule has 4 rings (SSSR count). The Balaban J connectivity index is 1.69. The first kappa shape index (κ1) is 16.6. The molecular weight excluding hydrogens is 339 g/mol. The fourth-order valence-electron chi connectivity index (χ4n) is 3.28. The van der Waals surface area contributed by atoms with Crippen LogP contribution in [0.1, 0.15) is 18.5 Å². The summed E-state index contributed by atoms with van der Waals surface area (Å²) in [6.45, 7) is 2.27. The molecular formula is C19H19FN2O2S. The Morgan fingerprint density at radius 1 is 1.28 bits per heavy atom. The van der Waals surface area contributed by atoms with Gasteiger partial charge < -0.3 is 15.2 Å². The van der Waals surface area contributed by atoms with Crippen molar-refractivity contribution in [3.05, 3.63) is 54.0 Å². The van der Waals surface area contributed by atoms with E-state index in [0.717, 1.165) is 26.9 Å². The molecule has 1 aliphatic heterocycles. The molecule has 0 radical (unpaired) electrons. The van der Waals surface area contributed by atoms with Crippen molar-refractivity contribution in [2.45, 2.75) is 24.0 Å². The highest BCUT2D eigenvalue weighted by molar-refractivity contribution is 7.97. The minimum atomic E-state index is -0.743. The highest BCUT2D eigenvalue weighted by atomic mass is 32.2. The van der Waals surface area contributed by atoms with Crippen molar-refractivity contribution in [3.8, 4) is 11.1 Å². The van der Waals surface area contributed by atoms with Gasteiger partial charge in [-0.15, -0.1) is 0 Å². The van der Waals surface area contributed by atoms with Gasteiger partial charge in [-0.3, -0.25) is 0 Å². The largest absolute Gasteiger partial charge is 0.394 e. The van der Waals surface area contributed by atoms with Crippen molar-refractivity contribution in [3.63, 3.8) is 0 Å². The van der Waals surface area contributed by atoms with E-state index < -0.39 is 6.10 Å². The number of aromatic amines is 1. The van der Waals surface area contributed by atoms with Gasteiger partial charge in [-0.05, 0) is 60.3 Å². The van der Waals surface area contributed by atoms with Gasteiger partial charge in [0.2, 0.25) is 0 Å². The molecule has 3 N–H and O–H groups in total. The Kier molecular flexibility index (Phi) is 4.29. The van der Waals surface area contributed by atoms with Crippen molar-refractivity contribution >= 4 is 22.9 Å². The van der Waals surface area contributed by atoms with E-state index in [-0.39, 0.29) is 18.5 Å². The number of hydrogen-bond donors (Lipinski definition) is 3. The van der Waals surface area contributed by atoms with Gasteiger partial charge >= 0.3 is 0 Å². The first-order valence-corrected chi connectivity index (χ1v) is 8.98. The molecule has 1 unspecified atom stereocenters. The van der Waals surface area contributed by atoms with Gasteiger partial charge in [0.15, 0.2) is 0 Å². The quantitative estimate of drug-likeness (QED) is 0.622. The first-order valence-electron chi connectivity index (χ1n) is 8.21. The molecule has 0 bridgehead atoms. The van der Waals surface area contributed by atoms with Crippen LogP contribution >= 0.6 is 11.9 Å². The molecule has 4 nitrogen and oxygen atoms in total. The monoisotopic (exact) mass is 358 g/mol. The number of aromatic nitrogens is 1. The maximum Gasteiger partial charge on any atom is 0.125 e. The number of aliphatic hydroxyl groups excluding tert-OH is 2. The van der Waals surface area contributed by atoms with E-state index in [9.17, 15) is 9.50 Å². The van der Waals surface area contributed by atoms with E-state index in [4.69, 9.17) is 5.11 Å². The number of rotatable bonds is 4. The zero-order chi connectivity index (χ0) is 17.6. The molecule has 1 aliphatic rings. The molecule has 2 aromatic carbocycles. The smallest absolute Gasteiger partial charge is 0.125 e. The lowest BCUT2D eigenvalue weighted by molar-refractivity contribution is 0.0760. The number of nitrogens with zero attached hydrogens (tertiary/aromatic N) is 1. The standard InChI is InChI=1S/C19H19FN2O2S/c1-11-16-6-12(2-5-19(16)25-22(11)9-14(24)10-23)17-8-21-18-7-13(20)3-4-15(17)18/h2-8,11,14,21,23-24H,9-10H2,1H3/t11?,14-/m1/s1. The van der Waals surface area contributed by atoms with Crippen molar-refractivity contribution < 1.29 is 14.6 Å². The highest BCUT2D eigenvalue weighted by Crippen LogP contribution is 2.45. The van der Waals surface area contributed by atoms with Crippen LogP contribution < -0.4 is 0 Å². The average Bonchev–Trinajstić information content (AvgIpc) is 3.16. The number of H-pyrrole nitrogens is 1. The van der Waals surface area contributed by atoms with E-state index in [1.165, 1.54) is 17.7 Å². The van der Waals surface area contributed by atoms with Crippen molar-refractivity contribution in [2.24, 2.45) is 0 Å². The molecule has 0 amide bonds. The summed E-state index contributed by atoms with van der Waals surface area (Å²) in [6.07, 6.45) is 1.17. The normalized spacial score (nSPS) is 18.6. The van der Waals surface area contributed by atoms with Crippen LogP contribution in [0.15, 0.2) is 47.5 Å². The minimum absolute atomic E-state index is 0.142. The predicted molar refractivity (Wildman–Crippen MR) is 97.8 cm³/mol. The van der Waals surface area contributed by atoms with Crippen LogP contribution in [-0.4, -0.2) is 38.8 Å². The molecule has 130 valence electrons. The van der Waals surface area contributed by atoms with Crippen LogP contribution in [0.5, 0.6) is 0 Å². The number of hydrogen-bond acceptors (Lipinski definition) is 4. The van der Waals surface area contributed by atoms with E-state index >= 15 is 0 Å². The second kappa shape index (κ2) is 6.46. The Labute approximate surface area is 149 Å². The molecule has 0 fully saturated rings. The van der Waals surface area contributed by atoms with Crippen molar-refractivity contribution in [1.82, 2.24) is 9.29 Å². The summed E-state index contributed by atoms with van der Waals surface area (Å²) >= 11 is 1.60. The first-order chi connectivity index (χ1) is 12.1. The molecule has 2 heterocycles. The maximum atomic E-state index is 13.4. The summed E-state index contributed by atoms with van der Waals surface area (Å²) in [6, 6.07) is 11.2. The minimum Gasteiger partial charge on any atom is -0.394 e. The van der Waals surface area contributed by atoms with Crippen LogP contribution in [0.2, 0.25) is 0 Å². The fraction of sp³-hybridized carbons (Fsp3) is 0.263. The second-order valence-electron chi connectivity index (χ2n) is 6.35. The van der Waals surface area contributed by atoms with E-state index in [0.29, 0.717) is 6.54 Å². The predicted octanol–water partition coefficient (Wildman–Crippen LogP) is 3.71. The second-order valence-corrected chi connectivity index (χ2v) is 7.44. The zero-order valence-electron chi connectivity index (χ0n) is 13.7. The fourth-order valence-corrected chi connectivity index (χ4v) is 4.52. The summed E-state index contributed by atoms with van der Waals surface area (Å²) < 4.78 is 15.5. The number of β-amino-alcohol motifs (C(OH)–C–C–N with tert-alkyl or cyclic N) is 1. The SMILES string of the molecule is CC1c2cc(-c3c[nH]c4cc(F)ccc34)ccc2SN1C[C@@H](O)CO. The lowest BCUT2D eigenvalue weighted by atomic mass is 9.99. The molecule has 1 aromatic heterocycles. The van der Waals surface area contributed by atoms with Gasteiger partial charge in [0.05, 0.1) is 12.7 Å². The third-order valence-electron chi connectivity index (χ3n) is 4.66. The number of benzene rings is 2. The maximum absolute atomic E-state index is 13.4. The summed E-state index contributed by atoms with van der Waals surface area (Å²) in [5.41, 5.74) is 4.10. The molecule has 3 aromatic rings. The highest BCUT2D eigenvalue weighted by Gasteiger charge is 2.29. The molecule has 0 spiro atoms. The Bertz CT molecular complexity index is 927. The molecule has 6 heteroatoms. The third-order valence-corrected chi connectivity index (χ3v) is 5.93. The summed E-state index contributed by atoms with van der Waals surface area (Å²) in [5.74, 6) is -0.252. The number of nitrogens with one attached hydrogen (secondary N) is 1. The van der Waals surface area contributed by atoms with Gasteiger partial charge in [0.25, 0.3) is 0 Å². The molecule has 0 aliphatic carbocycles. The van der Waals surface area contributed by atoms with Crippen LogP contribution in [0.4, 0.5) is 4.39 Å². The molecule has 0 saturated heterocycles. The van der Waals surface area contributed by atoms with E-state index in [1.54, 1.807) is 18.0 Å². The van der Waals surface area contributed by atoms with Gasteiger partial charge in [-0.1, -0.05) is 6.07 Å². The van der Waals surface area contributed by atoms with Crippen molar-refractivity contribution in [2.75, 3.05) is 13.2 Å². The number of aliphatic hydroxyl groups is 2. The Hall–Kier alpha value is -1.86. The van der Waals surface area contributed by atoms with Gasteiger partial charge in [-0.2, -0.15) is 0 Å². The van der Waals surface area contributed by atoms with Crippen LogP contribution in [0.3, 0.4) is 0 Å². The van der Waals surface area contributed by atoms with Gasteiger partial charge in [-0.25, -0.2) is 8.70 Å². The van der Waals surface area contributed by atoms with Crippen LogP contribution in [0.25, 0.3) is 22.0 Å². The Morgan fingerprint density at radius 2 is 2.12 bits per heavy atom. The van der Waals surface area contributed by atoms with Crippen molar-refractivity contribution in [1.29, 1.82) is 0 Å². The molecule has 2 atom stereocenters. The summed E-state index contributed by atoms with van der Waals surface area (Å²) in [7, 11) is 0. The van der Waals surface area contributed by atoms with Gasteiger partial charge in [0.1, 0.15) is 5.82 Å². The van der Waals surface area contributed by atoms with Crippen LogP contribution in [0, 0.1) is 5.82 Å². The third kappa shape index (κ3) is 2.95. The van der Waals surface area contributed by atoms with E-state index in [1.807, 2.05) is 6.20 Å².